The quantitative estimate of drug-likeness (QED) is 0.675. The summed E-state index contributed by atoms with van der Waals surface area (Å²) in [6.07, 6.45) is -0.684. The number of amides is 1. The first kappa shape index (κ1) is 13.3. The number of sulfone groups is 1. The van der Waals surface area contributed by atoms with Gasteiger partial charge in [-0.3, -0.25) is 4.79 Å². The predicted molar refractivity (Wildman–Crippen MR) is 60.7 cm³/mol. The molecule has 0 aromatic carbocycles. The fourth-order valence-corrected chi connectivity index (χ4v) is 3.98. The van der Waals surface area contributed by atoms with Crippen molar-refractivity contribution in [2.45, 2.75) is 12.5 Å². The standard InChI is InChI=1S/C10H15NO6S/c12-9(7-1-4-18(15,16)6-7)11-2-3-17-8(5-11)10(13)14/h7-8H,1-6H2,(H,13,14). The van der Waals surface area contributed by atoms with Crippen LogP contribution < -0.4 is 0 Å². The molecule has 2 saturated heterocycles. The van der Waals surface area contributed by atoms with Gasteiger partial charge >= 0.3 is 5.97 Å². The Balaban J connectivity index is 1.99. The van der Waals surface area contributed by atoms with Crippen LogP contribution in [0.2, 0.25) is 0 Å². The first-order valence-electron chi connectivity index (χ1n) is 5.73. The Morgan fingerprint density at radius 1 is 1.33 bits per heavy atom. The Bertz CT molecular complexity index is 459. The molecular weight excluding hydrogens is 262 g/mol. The van der Waals surface area contributed by atoms with Crippen molar-refractivity contribution in [1.82, 2.24) is 4.90 Å². The second kappa shape index (κ2) is 4.85. The number of carboxylic acid groups (broad SMARTS) is 1. The maximum Gasteiger partial charge on any atom is 0.334 e. The van der Waals surface area contributed by atoms with Gasteiger partial charge in [-0.05, 0) is 6.42 Å². The van der Waals surface area contributed by atoms with E-state index in [1.165, 1.54) is 4.90 Å². The summed E-state index contributed by atoms with van der Waals surface area (Å²) >= 11 is 0. The van der Waals surface area contributed by atoms with E-state index in [1.54, 1.807) is 0 Å². The van der Waals surface area contributed by atoms with Crippen LogP contribution in [0.4, 0.5) is 0 Å². The highest BCUT2D eigenvalue weighted by Crippen LogP contribution is 2.21. The van der Waals surface area contributed by atoms with E-state index in [4.69, 9.17) is 9.84 Å². The number of ether oxygens (including phenoxy) is 1. The number of carbonyl (C=O) groups excluding carboxylic acids is 1. The van der Waals surface area contributed by atoms with Gasteiger partial charge in [0.2, 0.25) is 5.91 Å². The molecule has 2 aliphatic heterocycles. The number of nitrogens with zero attached hydrogens (tertiary/aromatic N) is 1. The van der Waals surface area contributed by atoms with Crippen LogP contribution in [0.5, 0.6) is 0 Å². The first-order valence-corrected chi connectivity index (χ1v) is 7.55. The number of hydrogen-bond acceptors (Lipinski definition) is 5. The highest BCUT2D eigenvalue weighted by molar-refractivity contribution is 7.91. The van der Waals surface area contributed by atoms with Gasteiger partial charge in [0.05, 0.1) is 30.6 Å². The minimum Gasteiger partial charge on any atom is -0.479 e. The fourth-order valence-electron chi connectivity index (χ4n) is 2.25. The monoisotopic (exact) mass is 277 g/mol. The van der Waals surface area contributed by atoms with Gasteiger partial charge in [-0.1, -0.05) is 0 Å². The lowest BCUT2D eigenvalue weighted by atomic mass is 10.1. The highest BCUT2D eigenvalue weighted by atomic mass is 32.2. The Morgan fingerprint density at radius 3 is 2.61 bits per heavy atom. The topological polar surface area (TPSA) is 101 Å². The van der Waals surface area contributed by atoms with Crippen molar-refractivity contribution in [3.63, 3.8) is 0 Å². The molecule has 1 N–H and O–H groups in total. The molecule has 0 bridgehead atoms. The smallest absolute Gasteiger partial charge is 0.334 e. The third-order valence-electron chi connectivity index (χ3n) is 3.24. The third kappa shape index (κ3) is 2.81. The van der Waals surface area contributed by atoms with Gasteiger partial charge < -0.3 is 14.7 Å². The maximum atomic E-state index is 12.1. The third-order valence-corrected chi connectivity index (χ3v) is 5.00. The molecule has 0 aromatic rings. The average molecular weight is 277 g/mol. The number of carboxylic acids is 1. The second-order valence-electron chi connectivity index (χ2n) is 4.58. The second-order valence-corrected chi connectivity index (χ2v) is 6.81. The summed E-state index contributed by atoms with van der Waals surface area (Å²) in [5.74, 6) is -1.99. The van der Waals surface area contributed by atoms with Crippen molar-refractivity contribution in [1.29, 1.82) is 0 Å². The van der Waals surface area contributed by atoms with Crippen LogP contribution in [0.25, 0.3) is 0 Å². The molecule has 0 radical (unpaired) electrons. The molecule has 2 heterocycles. The maximum absolute atomic E-state index is 12.1. The average Bonchev–Trinajstić information content (AvgIpc) is 2.69. The van der Waals surface area contributed by atoms with E-state index in [0.717, 1.165) is 0 Å². The number of rotatable bonds is 2. The summed E-state index contributed by atoms with van der Waals surface area (Å²) in [6, 6.07) is 0. The summed E-state index contributed by atoms with van der Waals surface area (Å²) in [6.45, 7) is 0.478. The van der Waals surface area contributed by atoms with Crippen LogP contribution in [0.1, 0.15) is 6.42 Å². The fraction of sp³-hybridized carbons (Fsp3) is 0.800. The summed E-state index contributed by atoms with van der Waals surface area (Å²) in [4.78, 5) is 24.3. The molecule has 1 amide bonds. The number of hydrogen-bond donors (Lipinski definition) is 1. The molecule has 2 fully saturated rings. The lowest BCUT2D eigenvalue weighted by Crippen LogP contribution is -2.50. The number of carbonyl (C=O) groups is 2. The van der Waals surface area contributed by atoms with Crippen LogP contribution in [0.15, 0.2) is 0 Å². The van der Waals surface area contributed by atoms with Crippen molar-refractivity contribution in [3.05, 3.63) is 0 Å². The summed E-state index contributed by atoms with van der Waals surface area (Å²) in [5, 5.41) is 8.83. The van der Waals surface area contributed by atoms with Crippen molar-refractivity contribution < 1.29 is 27.9 Å². The van der Waals surface area contributed by atoms with E-state index in [-0.39, 0.29) is 30.6 Å². The van der Waals surface area contributed by atoms with Crippen molar-refractivity contribution in [2.75, 3.05) is 31.2 Å². The van der Waals surface area contributed by atoms with Gasteiger partial charge in [0.15, 0.2) is 15.9 Å². The molecule has 2 rings (SSSR count). The summed E-state index contributed by atoms with van der Waals surface area (Å²) in [7, 11) is -3.10. The molecule has 102 valence electrons. The molecule has 2 aliphatic rings. The van der Waals surface area contributed by atoms with Crippen LogP contribution in [-0.2, 0) is 24.2 Å². The van der Waals surface area contributed by atoms with Gasteiger partial charge in [-0.15, -0.1) is 0 Å². The Morgan fingerprint density at radius 2 is 2.06 bits per heavy atom. The number of morpholine rings is 1. The summed E-state index contributed by atoms with van der Waals surface area (Å²) in [5.41, 5.74) is 0. The van der Waals surface area contributed by atoms with Gasteiger partial charge in [0, 0.05) is 6.54 Å². The van der Waals surface area contributed by atoms with E-state index in [1.807, 2.05) is 0 Å². The SMILES string of the molecule is O=C(O)C1CN(C(=O)C2CCS(=O)(=O)C2)CCO1. The van der Waals surface area contributed by atoms with Crippen LogP contribution in [-0.4, -0.2) is 67.6 Å². The molecule has 7 nitrogen and oxygen atoms in total. The molecular formula is C10H15NO6S. The van der Waals surface area contributed by atoms with Crippen molar-refractivity contribution in [3.8, 4) is 0 Å². The molecule has 0 saturated carbocycles. The zero-order chi connectivity index (χ0) is 13.3. The predicted octanol–water partition coefficient (Wildman–Crippen LogP) is -1.27. The molecule has 8 heteroatoms. The lowest BCUT2D eigenvalue weighted by Gasteiger charge is -2.32. The molecule has 2 atom stereocenters. The van der Waals surface area contributed by atoms with Gasteiger partial charge in [0.1, 0.15) is 0 Å². The zero-order valence-corrected chi connectivity index (χ0v) is 10.6. The number of aliphatic carboxylic acids is 1. The molecule has 0 aliphatic carbocycles. The van der Waals surface area contributed by atoms with E-state index in [0.29, 0.717) is 13.0 Å². The van der Waals surface area contributed by atoms with E-state index >= 15 is 0 Å². The molecule has 18 heavy (non-hydrogen) atoms. The van der Waals surface area contributed by atoms with E-state index in [9.17, 15) is 18.0 Å². The van der Waals surface area contributed by atoms with Crippen molar-refractivity contribution >= 4 is 21.7 Å². The molecule has 0 spiro atoms. The Labute approximate surface area is 105 Å². The van der Waals surface area contributed by atoms with Crippen molar-refractivity contribution in [2.24, 2.45) is 5.92 Å². The minimum atomic E-state index is -3.10. The van der Waals surface area contributed by atoms with Gasteiger partial charge in [-0.25, -0.2) is 13.2 Å². The van der Waals surface area contributed by atoms with Crippen LogP contribution in [0, 0.1) is 5.92 Å². The normalized spacial score (nSPS) is 31.2. The highest BCUT2D eigenvalue weighted by Gasteiger charge is 2.37. The molecule has 2 unspecified atom stereocenters. The van der Waals surface area contributed by atoms with Gasteiger partial charge in [-0.2, -0.15) is 0 Å². The minimum absolute atomic E-state index is 0.00921. The van der Waals surface area contributed by atoms with Crippen LogP contribution >= 0.6 is 0 Å². The first-order chi connectivity index (χ1) is 8.39. The summed E-state index contributed by atoms with van der Waals surface area (Å²) < 4.78 is 27.6. The van der Waals surface area contributed by atoms with Crippen LogP contribution in [0.3, 0.4) is 0 Å². The Kier molecular flexibility index (Phi) is 3.58. The van der Waals surface area contributed by atoms with Gasteiger partial charge in [0.25, 0.3) is 0 Å². The lowest BCUT2D eigenvalue weighted by molar-refractivity contribution is -0.160. The zero-order valence-electron chi connectivity index (χ0n) is 9.74. The molecule has 0 aromatic heterocycles. The Hall–Kier alpha value is -1.15. The largest absolute Gasteiger partial charge is 0.479 e. The van der Waals surface area contributed by atoms with E-state index < -0.39 is 27.8 Å². The van der Waals surface area contributed by atoms with E-state index in [2.05, 4.69) is 0 Å².